The quantitative estimate of drug-likeness (QED) is 0.676. The van der Waals surface area contributed by atoms with Gasteiger partial charge in [0.15, 0.2) is 11.5 Å². The van der Waals surface area contributed by atoms with Crippen LogP contribution in [0.3, 0.4) is 0 Å². The van der Waals surface area contributed by atoms with Crippen molar-refractivity contribution < 1.29 is 14.2 Å². The van der Waals surface area contributed by atoms with Crippen LogP contribution in [0.15, 0.2) is 29.2 Å². The Morgan fingerprint density at radius 2 is 2.16 bits per heavy atom. The zero-order chi connectivity index (χ0) is 21.5. The molecule has 0 aromatic carbocycles. The van der Waals surface area contributed by atoms with Gasteiger partial charge in [-0.3, -0.25) is 0 Å². The van der Waals surface area contributed by atoms with Crippen LogP contribution in [-0.4, -0.2) is 73.0 Å². The van der Waals surface area contributed by atoms with Crippen molar-refractivity contribution in [1.29, 1.82) is 0 Å². The molecule has 0 spiro atoms. The highest BCUT2D eigenvalue weighted by Crippen LogP contribution is 2.59. The second-order valence-electron chi connectivity index (χ2n) is 9.05. The van der Waals surface area contributed by atoms with Crippen molar-refractivity contribution in [3.8, 4) is 0 Å². The molecule has 4 aliphatic rings. The molecule has 3 aliphatic heterocycles. The van der Waals surface area contributed by atoms with E-state index in [0.717, 1.165) is 55.1 Å². The summed E-state index contributed by atoms with van der Waals surface area (Å²) in [5, 5.41) is 0. The fourth-order valence-corrected chi connectivity index (χ4v) is 4.95. The minimum Gasteiger partial charge on any atom is -0.400 e. The summed E-state index contributed by atoms with van der Waals surface area (Å²) < 4.78 is 18.7. The van der Waals surface area contributed by atoms with Crippen molar-refractivity contribution in [2.24, 2.45) is 16.1 Å². The van der Waals surface area contributed by atoms with Crippen LogP contribution in [-0.2, 0) is 20.8 Å². The van der Waals surface area contributed by atoms with Crippen molar-refractivity contribution in [2.45, 2.75) is 31.9 Å². The molecule has 2 N–H and O–H groups in total. The van der Waals surface area contributed by atoms with E-state index in [4.69, 9.17) is 24.9 Å². The van der Waals surface area contributed by atoms with E-state index in [0.29, 0.717) is 32.2 Å². The topological polar surface area (TPSA) is 100 Å². The van der Waals surface area contributed by atoms with Crippen molar-refractivity contribution in [1.82, 2.24) is 14.5 Å². The largest absolute Gasteiger partial charge is 0.400 e. The van der Waals surface area contributed by atoms with Gasteiger partial charge in [-0.2, -0.15) is 0 Å². The maximum Gasteiger partial charge on any atom is 0.164 e. The normalized spacial score (nSPS) is 28.6. The monoisotopic (exact) mass is 426 g/mol. The molecule has 0 unspecified atom stereocenters. The summed E-state index contributed by atoms with van der Waals surface area (Å²) in [7, 11) is 1.69. The molecule has 0 amide bonds. The van der Waals surface area contributed by atoms with E-state index in [-0.39, 0.29) is 11.0 Å². The van der Waals surface area contributed by atoms with Gasteiger partial charge in [-0.05, 0) is 24.3 Å². The number of aliphatic imine (C=N–C) groups is 1. The minimum atomic E-state index is -0.296. The highest BCUT2D eigenvalue weighted by atomic mass is 16.5. The number of rotatable bonds is 7. The number of pyridine rings is 1. The first-order valence-electron chi connectivity index (χ1n) is 10.8. The number of nitrogens with two attached hydrogens (primary N) is 1. The lowest BCUT2D eigenvalue weighted by atomic mass is 9.62. The van der Waals surface area contributed by atoms with Gasteiger partial charge in [0.05, 0.1) is 38.4 Å². The predicted octanol–water partition coefficient (Wildman–Crippen LogP) is 2.03. The van der Waals surface area contributed by atoms with E-state index in [1.54, 1.807) is 13.3 Å². The molecular weight excluding hydrogens is 396 g/mol. The van der Waals surface area contributed by atoms with Crippen LogP contribution in [0.1, 0.15) is 19.8 Å². The highest BCUT2D eigenvalue weighted by Gasteiger charge is 2.61. The van der Waals surface area contributed by atoms with Crippen molar-refractivity contribution in [3.05, 3.63) is 24.2 Å². The van der Waals surface area contributed by atoms with Gasteiger partial charge >= 0.3 is 0 Å². The Balaban J connectivity index is 1.44. The third kappa shape index (κ3) is 3.71. The number of imidazole rings is 1. The van der Waals surface area contributed by atoms with Crippen LogP contribution < -0.4 is 10.6 Å². The van der Waals surface area contributed by atoms with E-state index in [1.807, 2.05) is 23.0 Å². The maximum absolute atomic E-state index is 6.35. The summed E-state index contributed by atoms with van der Waals surface area (Å²) in [6.45, 7) is 7.34. The van der Waals surface area contributed by atoms with Gasteiger partial charge in [0.1, 0.15) is 11.1 Å². The van der Waals surface area contributed by atoms with Crippen LogP contribution in [0.5, 0.6) is 0 Å². The van der Waals surface area contributed by atoms with Gasteiger partial charge in [0, 0.05) is 44.7 Å². The van der Waals surface area contributed by atoms with Crippen LogP contribution in [0, 0.1) is 5.41 Å². The molecule has 9 heteroatoms. The number of hydrogen-bond donors (Lipinski definition) is 1. The number of ether oxygens (including phenoxy) is 3. The Bertz CT molecular complexity index is 1020. The molecule has 2 aromatic heterocycles. The van der Waals surface area contributed by atoms with E-state index >= 15 is 0 Å². The van der Waals surface area contributed by atoms with E-state index in [9.17, 15) is 0 Å². The van der Waals surface area contributed by atoms with Gasteiger partial charge in [-0.15, -0.1) is 0 Å². The molecular formula is C22H30N6O3. The first-order valence-corrected chi connectivity index (χ1v) is 10.8. The second-order valence-corrected chi connectivity index (χ2v) is 9.05. The van der Waals surface area contributed by atoms with Gasteiger partial charge in [-0.25, -0.2) is 15.0 Å². The van der Waals surface area contributed by atoms with Crippen molar-refractivity contribution in [2.75, 3.05) is 51.5 Å². The Kier molecular flexibility index (Phi) is 5.19. The molecule has 0 atom stereocenters. The average molecular weight is 427 g/mol. The molecule has 4 fully saturated rings. The first kappa shape index (κ1) is 20.4. The zero-order valence-electron chi connectivity index (χ0n) is 18.2. The van der Waals surface area contributed by atoms with Gasteiger partial charge in [0.25, 0.3) is 0 Å². The van der Waals surface area contributed by atoms with Crippen molar-refractivity contribution >= 4 is 28.9 Å². The summed E-state index contributed by atoms with van der Waals surface area (Å²) in [6.07, 6.45) is 7.37. The number of nitrogens with zero attached hydrogens (tertiary/aromatic N) is 5. The number of anilines is 1. The number of allylic oxidation sites excluding steroid dienone is 1. The van der Waals surface area contributed by atoms with Crippen molar-refractivity contribution in [3.63, 3.8) is 0 Å². The Hall–Kier alpha value is -2.49. The number of methoxy groups -OCH3 is 1. The molecule has 31 heavy (non-hydrogen) atoms. The Labute approximate surface area is 181 Å². The lowest BCUT2D eigenvalue weighted by Crippen LogP contribution is -2.46. The number of hydrogen-bond acceptors (Lipinski definition) is 8. The first-order chi connectivity index (χ1) is 15.0. The zero-order valence-corrected chi connectivity index (χ0v) is 18.2. The van der Waals surface area contributed by atoms with Crippen LogP contribution >= 0.6 is 0 Å². The van der Waals surface area contributed by atoms with Crippen LogP contribution in [0.2, 0.25) is 0 Å². The van der Waals surface area contributed by atoms with Crippen LogP contribution in [0.4, 0.5) is 11.5 Å². The smallest absolute Gasteiger partial charge is 0.164 e. The minimum absolute atomic E-state index is 0.288. The SMILES string of the molecule is COCCn1cnc2c(N3CCOCC3)cc(N=C/C=C(\N)C34CC(C)(CO3)C4)nc21. The van der Waals surface area contributed by atoms with Crippen LogP contribution in [0.25, 0.3) is 11.2 Å². The summed E-state index contributed by atoms with van der Waals surface area (Å²) in [5.41, 5.74) is 9.79. The summed E-state index contributed by atoms with van der Waals surface area (Å²) >= 11 is 0. The molecule has 9 nitrogen and oxygen atoms in total. The lowest BCUT2D eigenvalue weighted by Gasteiger charge is -2.42. The maximum atomic E-state index is 6.35. The molecule has 1 aliphatic carbocycles. The summed E-state index contributed by atoms with van der Waals surface area (Å²) in [6, 6.07) is 1.99. The number of fused-ring (bicyclic) bond motifs is 2. The molecule has 1 saturated carbocycles. The van der Waals surface area contributed by atoms with Gasteiger partial charge in [-0.1, -0.05) is 6.92 Å². The fraction of sp³-hybridized carbons (Fsp3) is 0.591. The molecule has 0 radical (unpaired) electrons. The molecule has 6 rings (SSSR count). The molecule has 166 valence electrons. The van der Waals surface area contributed by atoms with Gasteiger partial charge < -0.3 is 29.4 Å². The summed E-state index contributed by atoms with van der Waals surface area (Å²) in [4.78, 5) is 16.3. The van der Waals surface area contributed by atoms with E-state index < -0.39 is 0 Å². The van der Waals surface area contributed by atoms with E-state index in [1.165, 1.54) is 0 Å². The number of aromatic nitrogens is 3. The molecule has 3 saturated heterocycles. The third-order valence-corrected chi connectivity index (χ3v) is 6.54. The standard InChI is InChI=1S/C22H30N6O3/c1-21-12-22(13-21,31-14-21)17(23)3-4-24-18-11-16(27-6-9-30-10-7-27)19-20(26-18)28(15-25-19)5-8-29-2/h3-4,11,15H,5-10,12-14,23H2,1-2H3/b17-3-,24-4?. The molecule has 2 aromatic rings. The second kappa shape index (κ2) is 7.89. The Morgan fingerprint density at radius 3 is 2.87 bits per heavy atom. The van der Waals surface area contributed by atoms with E-state index in [2.05, 4.69) is 21.8 Å². The van der Waals surface area contributed by atoms with Gasteiger partial charge in [0.2, 0.25) is 0 Å². The Morgan fingerprint density at radius 1 is 1.35 bits per heavy atom. The summed E-state index contributed by atoms with van der Waals surface area (Å²) in [5.74, 6) is 0.625. The highest BCUT2D eigenvalue weighted by molar-refractivity contribution is 5.89. The molecule has 2 bridgehead atoms. The fourth-order valence-electron chi connectivity index (χ4n) is 4.95. The lowest BCUT2D eigenvalue weighted by molar-refractivity contribution is 0.0231. The average Bonchev–Trinajstić information content (AvgIpc) is 3.43. The third-order valence-electron chi connectivity index (χ3n) is 6.54. The number of morpholine rings is 1. The molecule has 5 heterocycles. The predicted molar refractivity (Wildman–Crippen MR) is 119 cm³/mol.